The lowest BCUT2D eigenvalue weighted by Gasteiger charge is -2.35. The molecule has 0 amide bonds. The van der Waals surface area contributed by atoms with Crippen molar-refractivity contribution in [1.82, 2.24) is 0 Å². The topological polar surface area (TPSA) is 26.3 Å². The molecule has 0 bridgehead atoms. The van der Waals surface area contributed by atoms with Gasteiger partial charge in [-0.25, -0.2) is 0 Å². The van der Waals surface area contributed by atoms with Crippen LogP contribution in [0.4, 0.5) is 0 Å². The van der Waals surface area contributed by atoms with Gasteiger partial charge < -0.3 is 4.74 Å². The highest BCUT2D eigenvalue weighted by molar-refractivity contribution is 6.91. The summed E-state index contributed by atoms with van der Waals surface area (Å²) in [5, 5.41) is 1.41. The van der Waals surface area contributed by atoms with Crippen molar-refractivity contribution in [3.63, 3.8) is 0 Å². The minimum absolute atomic E-state index is 0.0577. The van der Waals surface area contributed by atoms with Crippen LogP contribution in [-0.2, 0) is 9.53 Å². The van der Waals surface area contributed by atoms with Gasteiger partial charge in [-0.2, -0.15) is 0 Å². The van der Waals surface area contributed by atoms with E-state index in [2.05, 4.69) is 51.2 Å². The first-order valence-corrected chi connectivity index (χ1v) is 10.2. The van der Waals surface area contributed by atoms with Gasteiger partial charge in [-0.05, 0) is 18.4 Å². The molecule has 1 aromatic carbocycles. The highest BCUT2D eigenvalue weighted by atomic mass is 28.3. The zero-order chi connectivity index (χ0) is 14.5. The Labute approximate surface area is 118 Å². The molecule has 0 aliphatic heterocycles. The lowest BCUT2D eigenvalue weighted by molar-refractivity contribution is -0.143. The summed E-state index contributed by atoms with van der Waals surface area (Å²) in [4.78, 5) is 11.8. The molecular formula is C16H26O2Si. The Morgan fingerprint density at radius 1 is 1.21 bits per heavy atom. The van der Waals surface area contributed by atoms with Gasteiger partial charge in [0.05, 0.1) is 14.7 Å². The van der Waals surface area contributed by atoms with Crippen LogP contribution < -0.4 is 5.19 Å². The molecule has 0 saturated carbocycles. The molecule has 2 nitrogen and oxygen atoms in total. The first-order valence-electron chi connectivity index (χ1n) is 7.10. The SMILES string of the molecule is CCOC(=O)CC(C(C)C)[Si](C)(C)c1ccccc1. The number of carbonyl (C=O) groups is 1. The highest BCUT2D eigenvalue weighted by Crippen LogP contribution is 2.33. The predicted octanol–water partition coefficient (Wildman–Crippen LogP) is 3.58. The number of carbonyl (C=O) groups excluding carboxylic acids is 1. The van der Waals surface area contributed by atoms with E-state index in [1.165, 1.54) is 5.19 Å². The van der Waals surface area contributed by atoms with Gasteiger partial charge in [0.25, 0.3) is 0 Å². The van der Waals surface area contributed by atoms with E-state index < -0.39 is 8.07 Å². The summed E-state index contributed by atoms with van der Waals surface area (Å²) in [6.07, 6.45) is 0.541. The molecule has 19 heavy (non-hydrogen) atoms. The third-order valence-electron chi connectivity index (χ3n) is 3.94. The van der Waals surface area contributed by atoms with Crippen LogP contribution in [0.3, 0.4) is 0 Å². The summed E-state index contributed by atoms with van der Waals surface area (Å²) in [6.45, 7) is 11.5. The fraction of sp³-hybridized carbons (Fsp3) is 0.562. The third kappa shape index (κ3) is 4.20. The quantitative estimate of drug-likeness (QED) is 0.587. The molecule has 106 valence electrons. The second kappa shape index (κ2) is 6.90. The molecule has 0 aliphatic carbocycles. The standard InChI is InChI=1S/C16H26O2Si/c1-6-18-16(17)12-15(13(2)3)19(4,5)14-10-8-7-9-11-14/h7-11,13,15H,6,12H2,1-5H3. The van der Waals surface area contributed by atoms with Crippen molar-refractivity contribution in [1.29, 1.82) is 0 Å². The summed E-state index contributed by atoms with van der Waals surface area (Å²) in [6, 6.07) is 10.6. The molecule has 0 aliphatic rings. The van der Waals surface area contributed by atoms with Crippen LogP contribution in [0.1, 0.15) is 27.2 Å². The predicted molar refractivity (Wildman–Crippen MR) is 83.4 cm³/mol. The van der Waals surface area contributed by atoms with Crippen LogP contribution >= 0.6 is 0 Å². The van der Waals surface area contributed by atoms with Crippen LogP contribution in [0.25, 0.3) is 0 Å². The Bertz CT molecular complexity index is 398. The monoisotopic (exact) mass is 278 g/mol. The summed E-state index contributed by atoms with van der Waals surface area (Å²) in [5.41, 5.74) is 0.411. The van der Waals surface area contributed by atoms with Gasteiger partial charge in [-0.1, -0.05) is 62.5 Å². The van der Waals surface area contributed by atoms with Gasteiger partial charge in [0.1, 0.15) is 0 Å². The number of rotatable bonds is 6. The zero-order valence-corrected chi connectivity index (χ0v) is 13.8. The maximum absolute atomic E-state index is 11.8. The minimum Gasteiger partial charge on any atom is -0.466 e. The average Bonchev–Trinajstić information content (AvgIpc) is 2.37. The molecule has 1 rings (SSSR count). The van der Waals surface area contributed by atoms with Gasteiger partial charge in [-0.3, -0.25) is 4.79 Å². The van der Waals surface area contributed by atoms with Crippen molar-refractivity contribution >= 4 is 19.2 Å². The molecule has 0 spiro atoms. The minimum atomic E-state index is -1.66. The average molecular weight is 278 g/mol. The second-order valence-electron chi connectivity index (χ2n) is 5.95. The zero-order valence-electron chi connectivity index (χ0n) is 12.8. The number of benzene rings is 1. The van der Waals surface area contributed by atoms with E-state index in [0.29, 0.717) is 24.5 Å². The Hall–Kier alpha value is -1.09. The molecule has 0 N–H and O–H groups in total. The molecule has 3 heteroatoms. The first kappa shape index (κ1) is 16.0. The summed E-state index contributed by atoms with van der Waals surface area (Å²) < 4.78 is 5.14. The van der Waals surface area contributed by atoms with E-state index in [1.54, 1.807) is 0 Å². The molecule has 0 radical (unpaired) electrons. The maximum Gasteiger partial charge on any atom is 0.305 e. The van der Waals surface area contributed by atoms with E-state index in [4.69, 9.17) is 4.74 Å². The number of hydrogen-bond donors (Lipinski definition) is 0. The van der Waals surface area contributed by atoms with Gasteiger partial charge >= 0.3 is 5.97 Å². The Morgan fingerprint density at radius 2 is 1.79 bits per heavy atom. The number of esters is 1. The Kier molecular flexibility index (Phi) is 5.79. The lowest BCUT2D eigenvalue weighted by Crippen LogP contribution is -2.48. The fourth-order valence-electron chi connectivity index (χ4n) is 2.81. The van der Waals surface area contributed by atoms with Crippen molar-refractivity contribution in [3.8, 4) is 0 Å². The molecule has 0 heterocycles. The van der Waals surface area contributed by atoms with Crippen LogP contribution in [0, 0.1) is 5.92 Å². The highest BCUT2D eigenvalue weighted by Gasteiger charge is 2.37. The van der Waals surface area contributed by atoms with Crippen LogP contribution in [0.2, 0.25) is 18.6 Å². The van der Waals surface area contributed by atoms with Crippen LogP contribution in [0.5, 0.6) is 0 Å². The first-order chi connectivity index (χ1) is 8.89. The van der Waals surface area contributed by atoms with Crippen molar-refractivity contribution in [2.45, 2.75) is 45.8 Å². The molecule has 1 unspecified atom stereocenters. The molecule has 1 aromatic rings. The van der Waals surface area contributed by atoms with Crippen LogP contribution in [0.15, 0.2) is 30.3 Å². The Morgan fingerprint density at radius 3 is 2.26 bits per heavy atom. The van der Waals surface area contributed by atoms with Gasteiger partial charge in [0.2, 0.25) is 0 Å². The third-order valence-corrected chi connectivity index (χ3v) is 8.49. The van der Waals surface area contributed by atoms with Gasteiger partial charge in [0.15, 0.2) is 0 Å². The van der Waals surface area contributed by atoms with Crippen molar-refractivity contribution < 1.29 is 9.53 Å². The smallest absolute Gasteiger partial charge is 0.305 e. The summed E-state index contributed by atoms with van der Waals surface area (Å²) >= 11 is 0. The van der Waals surface area contributed by atoms with Gasteiger partial charge in [-0.15, -0.1) is 0 Å². The molecular weight excluding hydrogens is 252 g/mol. The molecule has 1 atom stereocenters. The van der Waals surface area contributed by atoms with Crippen molar-refractivity contribution in [2.24, 2.45) is 5.92 Å². The van der Waals surface area contributed by atoms with E-state index in [1.807, 2.05) is 13.0 Å². The maximum atomic E-state index is 11.8. The number of ether oxygens (including phenoxy) is 1. The van der Waals surface area contributed by atoms with Crippen molar-refractivity contribution in [3.05, 3.63) is 30.3 Å². The van der Waals surface area contributed by atoms with Crippen molar-refractivity contribution in [2.75, 3.05) is 6.61 Å². The van der Waals surface area contributed by atoms with Crippen LogP contribution in [-0.4, -0.2) is 20.7 Å². The number of hydrogen-bond acceptors (Lipinski definition) is 2. The molecule has 0 aromatic heterocycles. The van der Waals surface area contributed by atoms with E-state index in [0.717, 1.165) is 0 Å². The van der Waals surface area contributed by atoms with E-state index in [-0.39, 0.29) is 5.97 Å². The molecule has 0 saturated heterocycles. The Balaban J connectivity index is 2.95. The fourth-order valence-corrected chi connectivity index (χ4v) is 6.63. The second-order valence-corrected chi connectivity index (χ2v) is 10.7. The summed E-state index contributed by atoms with van der Waals surface area (Å²) in [5.74, 6) is 0.434. The van der Waals surface area contributed by atoms with E-state index in [9.17, 15) is 4.79 Å². The normalized spacial score (nSPS) is 13.4. The largest absolute Gasteiger partial charge is 0.466 e. The van der Waals surface area contributed by atoms with E-state index >= 15 is 0 Å². The lowest BCUT2D eigenvalue weighted by atomic mass is 10.1. The molecule has 0 fully saturated rings. The summed E-state index contributed by atoms with van der Waals surface area (Å²) in [7, 11) is -1.66. The van der Waals surface area contributed by atoms with Gasteiger partial charge in [0, 0.05) is 6.42 Å².